The Morgan fingerprint density at radius 3 is 2.74 bits per heavy atom. The van der Waals surface area contributed by atoms with Crippen molar-refractivity contribution in [3.8, 4) is 0 Å². The van der Waals surface area contributed by atoms with E-state index in [1.165, 1.54) is 0 Å². The summed E-state index contributed by atoms with van der Waals surface area (Å²) in [5, 5.41) is 17.8. The predicted molar refractivity (Wildman–Crippen MR) is 77.2 cm³/mol. The maximum atomic E-state index is 10.4. The van der Waals surface area contributed by atoms with E-state index < -0.39 is 5.60 Å². The summed E-state index contributed by atoms with van der Waals surface area (Å²) in [6, 6.07) is 7.74. The van der Waals surface area contributed by atoms with Crippen molar-refractivity contribution in [2.24, 2.45) is 5.73 Å². The van der Waals surface area contributed by atoms with Crippen LogP contribution in [-0.4, -0.2) is 35.0 Å². The molecule has 0 aromatic heterocycles. The molecule has 19 heavy (non-hydrogen) atoms. The van der Waals surface area contributed by atoms with Gasteiger partial charge >= 0.3 is 0 Å². The van der Waals surface area contributed by atoms with Crippen molar-refractivity contribution in [3.63, 3.8) is 0 Å². The predicted octanol–water partition coefficient (Wildman–Crippen LogP) is 1.71. The van der Waals surface area contributed by atoms with E-state index in [4.69, 9.17) is 11.1 Å². The molecule has 0 radical (unpaired) electrons. The summed E-state index contributed by atoms with van der Waals surface area (Å²) in [4.78, 5) is 2.14. The summed E-state index contributed by atoms with van der Waals surface area (Å²) < 4.78 is 0. The van der Waals surface area contributed by atoms with Gasteiger partial charge in [0.2, 0.25) is 0 Å². The van der Waals surface area contributed by atoms with Crippen LogP contribution in [0.3, 0.4) is 0 Å². The zero-order valence-corrected chi connectivity index (χ0v) is 11.5. The lowest BCUT2D eigenvalue weighted by Crippen LogP contribution is -2.38. The van der Waals surface area contributed by atoms with Crippen LogP contribution in [0.1, 0.15) is 36.8 Å². The monoisotopic (exact) mass is 261 g/mol. The fraction of sp³-hybridized carbons (Fsp3) is 0.533. The summed E-state index contributed by atoms with van der Waals surface area (Å²) in [6.07, 6.45) is 4.07. The van der Waals surface area contributed by atoms with Crippen molar-refractivity contribution >= 4 is 5.84 Å². The van der Waals surface area contributed by atoms with Gasteiger partial charge in [0.15, 0.2) is 0 Å². The van der Waals surface area contributed by atoms with Crippen LogP contribution in [0.2, 0.25) is 0 Å². The number of rotatable bonds is 5. The van der Waals surface area contributed by atoms with Gasteiger partial charge in [-0.15, -0.1) is 0 Å². The lowest BCUT2D eigenvalue weighted by molar-refractivity contribution is 0.0145. The van der Waals surface area contributed by atoms with Gasteiger partial charge in [-0.1, -0.05) is 31.0 Å². The third kappa shape index (κ3) is 3.78. The zero-order valence-electron chi connectivity index (χ0n) is 11.5. The Kier molecular flexibility index (Phi) is 4.22. The van der Waals surface area contributed by atoms with E-state index in [2.05, 4.69) is 4.90 Å². The summed E-state index contributed by atoms with van der Waals surface area (Å²) in [5.41, 5.74) is 6.87. The van der Waals surface area contributed by atoms with Crippen LogP contribution >= 0.6 is 0 Å². The highest BCUT2D eigenvalue weighted by atomic mass is 16.3. The van der Waals surface area contributed by atoms with Crippen molar-refractivity contribution in [1.29, 1.82) is 5.41 Å². The Morgan fingerprint density at radius 1 is 1.42 bits per heavy atom. The number of benzene rings is 1. The first kappa shape index (κ1) is 14.0. The lowest BCUT2D eigenvalue weighted by Gasteiger charge is -2.28. The molecule has 4 N–H and O–H groups in total. The first-order valence-corrected chi connectivity index (χ1v) is 6.83. The molecule has 0 unspecified atom stereocenters. The van der Waals surface area contributed by atoms with E-state index in [0.29, 0.717) is 6.54 Å². The Labute approximate surface area is 114 Å². The molecule has 0 bridgehead atoms. The van der Waals surface area contributed by atoms with E-state index in [0.717, 1.165) is 43.4 Å². The first-order valence-electron chi connectivity index (χ1n) is 6.83. The molecular weight excluding hydrogens is 238 g/mol. The van der Waals surface area contributed by atoms with Gasteiger partial charge in [-0.2, -0.15) is 0 Å². The number of amidine groups is 1. The second-order valence-corrected chi connectivity index (χ2v) is 5.72. The number of likely N-dealkylation sites (N-methyl/N-ethyl adjacent to an activating group) is 1. The minimum absolute atomic E-state index is 0.0962. The van der Waals surface area contributed by atoms with Gasteiger partial charge in [0, 0.05) is 18.7 Å². The number of hydrogen-bond acceptors (Lipinski definition) is 3. The highest BCUT2D eigenvalue weighted by Gasteiger charge is 2.31. The first-order chi connectivity index (χ1) is 8.98. The zero-order chi connectivity index (χ0) is 13.9. The van der Waals surface area contributed by atoms with E-state index in [9.17, 15) is 5.11 Å². The van der Waals surface area contributed by atoms with Crippen molar-refractivity contribution in [2.45, 2.75) is 37.8 Å². The number of nitrogens with zero attached hydrogens (tertiary/aromatic N) is 1. The molecular formula is C15H23N3O. The molecule has 0 spiro atoms. The molecule has 104 valence electrons. The van der Waals surface area contributed by atoms with Gasteiger partial charge in [0.1, 0.15) is 5.84 Å². The smallest absolute Gasteiger partial charge is 0.122 e. The highest BCUT2D eigenvalue weighted by molar-refractivity contribution is 5.95. The summed E-state index contributed by atoms with van der Waals surface area (Å²) in [5.74, 6) is 0.0962. The van der Waals surface area contributed by atoms with Crippen molar-refractivity contribution in [3.05, 3.63) is 35.4 Å². The fourth-order valence-corrected chi connectivity index (χ4v) is 2.90. The van der Waals surface area contributed by atoms with Crippen molar-refractivity contribution in [2.75, 3.05) is 13.6 Å². The molecule has 0 atom stereocenters. The molecule has 4 nitrogen and oxygen atoms in total. The third-order valence-electron chi connectivity index (χ3n) is 3.79. The molecule has 0 amide bonds. The van der Waals surface area contributed by atoms with Crippen LogP contribution < -0.4 is 5.73 Å². The number of hydrogen-bond donors (Lipinski definition) is 3. The Hall–Kier alpha value is -1.39. The van der Waals surface area contributed by atoms with Gasteiger partial charge in [-0.25, -0.2) is 0 Å². The molecule has 0 saturated heterocycles. The maximum absolute atomic E-state index is 10.4. The molecule has 1 aliphatic carbocycles. The van der Waals surface area contributed by atoms with Gasteiger partial charge in [0.25, 0.3) is 0 Å². The van der Waals surface area contributed by atoms with E-state index in [-0.39, 0.29) is 5.84 Å². The van der Waals surface area contributed by atoms with Crippen LogP contribution in [0.15, 0.2) is 24.3 Å². The normalized spacial score (nSPS) is 17.8. The second-order valence-electron chi connectivity index (χ2n) is 5.72. The molecule has 1 fully saturated rings. The molecule has 1 aromatic rings. The van der Waals surface area contributed by atoms with Gasteiger partial charge in [-0.05, 0) is 31.5 Å². The van der Waals surface area contributed by atoms with Gasteiger partial charge in [0.05, 0.1) is 5.60 Å². The summed E-state index contributed by atoms with van der Waals surface area (Å²) in [7, 11) is 2.02. The average molecular weight is 261 g/mol. The Bertz CT molecular complexity index is 452. The molecule has 0 aliphatic heterocycles. The van der Waals surface area contributed by atoms with Crippen molar-refractivity contribution < 1.29 is 5.11 Å². The lowest BCUT2D eigenvalue weighted by atomic mass is 10.0. The molecule has 1 saturated carbocycles. The fourth-order valence-electron chi connectivity index (χ4n) is 2.90. The van der Waals surface area contributed by atoms with Crippen LogP contribution in [0.25, 0.3) is 0 Å². The van der Waals surface area contributed by atoms with E-state index in [1.807, 2.05) is 31.3 Å². The van der Waals surface area contributed by atoms with Crippen LogP contribution in [0, 0.1) is 5.41 Å². The van der Waals surface area contributed by atoms with Crippen molar-refractivity contribution in [1.82, 2.24) is 4.90 Å². The number of nitrogen functional groups attached to an aromatic ring is 1. The third-order valence-corrected chi connectivity index (χ3v) is 3.79. The SMILES string of the molecule is CN(Cc1cccc(C(=N)N)c1)CC1(O)CCCC1. The largest absolute Gasteiger partial charge is 0.389 e. The topological polar surface area (TPSA) is 73.3 Å². The number of nitrogens with two attached hydrogens (primary N) is 1. The van der Waals surface area contributed by atoms with Gasteiger partial charge in [-0.3, -0.25) is 10.3 Å². The molecule has 1 aromatic carbocycles. The minimum atomic E-state index is -0.507. The average Bonchev–Trinajstić information content (AvgIpc) is 2.75. The molecule has 2 rings (SSSR count). The highest BCUT2D eigenvalue weighted by Crippen LogP contribution is 2.30. The van der Waals surface area contributed by atoms with Crippen LogP contribution in [0.5, 0.6) is 0 Å². The van der Waals surface area contributed by atoms with Crippen LogP contribution in [-0.2, 0) is 6.54 Å². The van der Waals surface area contributed by atoms with Crippen LogP contribution in [0.4, 0.5) is 0 Å². The Morgan fingerprint density at radius 2 is 2.11 bits per heavy atom. The Balaban J connectivity index is 1.96. The maximum Gasteiger partial charge on any atom is 0.122 e. The quantitative estimate of drug-likeness (QED) is 0.558. The number of aliphatic hydroxyl groups is 1. The molecule has 4 heteroatoms. The van der Waals surface area contributed by atoms with E-state index in [1.54, 1.807) is 0 Å². The minimum Gasteiger partial charge on any atom is -0.389 e. The second kappa shape index (κ2) is 5.72. The van der Waals surface area contributed by atoms with E-state index >= 15 is 0 Å². The number of nitrogens with one attached hydrogen (secondary N) is 1. The molecule has 0 heterocycles. The summed E-state index contributed by atoms with van der Waals surface area (Å²) in [6.45, 7) is 1.47. The standard InChI is InChI=1S/C15H23N3O/c1-18(11-15(19)7-2-3-8-15)10-12-5-4-6-13(9-12)14(16)17/h4-6,9,19H,2-3,7-8,10-11H2,1H3,(H3,16,17). The van der Waals surface area contributed by atoms with Gasteiger partial charge < -0.3 is 10.8 Å². The summed E-state index contributed by atoms with van der Waals surface area (Å²) >= 11 is 0. The molecule has 1 aliphatic rings.